The highest BCUT2D eigenvalue weighted by Gasteiger charge is 2.54. The summed E-state index contributed by atoms with van der Waals surface area (Å²) >= 11 is 5.94. The van der Waals surface area contributed by atoms with Gasteiger partial charge in [-0.3, -0.25) is 0 Å². The van der Waals surface area contributed by atoms with E-state index in [-0.39, 0.29) is 24.0 Å². The molecule has 2 heterocycles. The molecule has 3 aliphatic rings. The quantitative estimate of drug-likeness (QED) is 0.869. The number of rotatable bonds is 2. The number of hydrogen-bond donors (Lipinski definition) is 2. The van der Waals surface area contributed by atoms with Crippen molar-refractivity contribution in [2.75, 3.05) is 0 Å². The molecule has 4 heteroatoms. The Morgan fingerprint density at radius 3 is 2.71 bits per heavy atom. The summed E-state index contributed by atoms with van der Waals surface area (Å²) in [6.07, 6.45) is 1.94. The van der Waals surface area contributed by atoms with Crippen molar-refractivity contribution in [3.63, 3.8) is 0 Å². The van der Waals surface area contributed by atoms with Crippen molar-refractivity contribution in [1.82, 2.24) is 5.32 Å². The van der Waals surface area contributed by atoms with Gasteiger partial charge in [0.25, 0.3) is 0 Å². The molecule has 1 saturated carbocycles. The summed E-state index contributed by atoms with van der Waals surface area (Å²) in [6, 6.07) is 7.72. The van der Waals surface area contributed by atoms with E-state index in [1.807, 2.05) is 24.3 Å². The second-order valence-electron chi connectivity index (χ2n) is 5.40. The topological polar surface area (TPSA) is 32.3 Å². The predicted molar refractivity (Wildman–Crippen MR) is 71.7 cm³/mol. The lowest BCUT2D eigenvalue weighted by Gasteiger charge is -2.33. The summed E-state index contributed by atoms with van der Waals surface area (Å²) in [5.74, 6) is 0.624. The van der Waals surface area contributed by atoms with Gasteiger partial charge in [0.05, 0.1) is 6.10 Å². The lowest BCUT2D eigenvalue weighted by atomic mass is 9.72. The molecular weight excluding hydrogens is 257 g/mol. The Morgan fingerprint density at radius 1 is 1.47 bits per heavy atom. The summed E-state index contributed by atoms with van der Waals surface area (Å²) in [7, 11) is 0. The third-order valence-corrected chi connectivity index (χ3v) is 4.21. The van der Waals surface area contributed by atoms with E-state index < -0.39 is 6.10 Å². The van der Waals surface area contributed by atoms with Crippen molar-refractivity contribution < 1.29 is 5.11 Å². The molecule has 2 nitrogen and oxygen atoms in total. The van der Waals surface area contributed by atoms with Gasteiger partial charge in [0.15, 0.2) is 0 Å². The predicted octanol–water partition coefficient (Wildman–Crippen LogP) is 2.94. The zero-order chi connectivity index (χ0) is 11.3. The number of nitrogens with one attached hydrogen (secondary N) is 1. The lowest BCUT2D eigenvalue weighted by Crippen LogP contribution is -2.40. The molecule has 94 valence electrons. The number of benzene rings is 1. The number of fused-ring (bicyclic) bond motifs is 1. The molecule has 2 aliphatic heterocycles. The van der Waals surface area contributed by atoms with Crippen molar-refractivity contribution in [3.8, 4) is 0 Å². The molecule has 2 atom stereocenters. The fourth-order valence-electron chi connectivity index (χ4n) is 3.22. The van der Waals surface area contributed by atoms with Crippen molar-refractivity contribution in [1.29, 1.82) is 0 Å². The average molecular weight is 274 g/mol. The van der Waals surface area contributed by atoms with E-state index in [1.165, 1.54) is 12.8 Å². The van der Waals surface area contributed by atoms with Crippen LogP contribution in [0.25, 0.3) is 0 Å². The second-order valence-corrected chi connectivity index (χ2v) is 5.84. The van der Waals surface area contributed by atoms with Crippen LogP contribution in [0.15, 0.2) is 24.3 Å². The minimum absolute atomic E-state index is 0. The minimum atomic E-state index is -0.437. The average Bonchev–Trinajstić information content (AvgIpc) is 2.70. The molecule has 2 N–H and O–H groups in total. The van der Waals surface area contributed by atoms with Crippen LogP contribution in [-0.4, -0.2) is 16.7 Å². The zero-order valence-corrected chi connectivity index (χ0v) is 11.3. The highest BCUT2D eigenvalue weighted by molar-refractivity contribution is 6.30. The molecular formula is C13H17Cl2NO. The molecule has 3 fully saturated rings. The van der Waals surface area contributed by atoms with E-state index in [1.54, 1.807) is 0 Å². The van der Waals surface area contributed by atoms with E-state index >= 15 is 0 Å². The number of aliphatic hydroxyl groups is 1. The van der Waals surface area contributed by atoms with E-state index in [0.29, 0.717) is 10.9 Å². The molecule has 2 saturated heterocycles. The third kappa shape index (κ3) is 2.19. The molecule has 1 aromatic rings. The lowest BCUT2D eigenvalue weighted by molar-refractivity contribution is 0.121. The fourth-order valence-corrected chi connectivity index (χ4v) is 3.42. The van der Waals surface area contributed by atoms with Crippen LogP contribution in [-0.2, 0) is 0 Å². The molecule has 2 bridgehead atoms. The number of halogens is 2. The molecule has 17 heavy (non-hydrogen) atoms. The van der Waals surface area contributed by atoms with Gasteiger partial charge >= 0.3 is 0 Å². The van der Waals surface area contributed by atoms with Gasteiger partial charge in [0.1, 0.15) is 0 Å². The Labute approximate surface area is 113 Å². The molecule has 1 aromatic carbocycles. The van der Waals surface area contributed by atoms with E-state index in [0.717, 1.165) is 5.56 Å². The zero-order valence-electron chi connectivity index (χ0n) is 9.69. The van der Waals surface area contributed by atoms with Gasteiger partial charge in [-0.1, -0.05) is 23.7 Å². The maximum absolute atomic E-state index is 10.3. The van der Waals surface area contributed by atoms with Gasteiger partial charge in [-0.05, 0) is 43.4 Å². The Balaban J connectivity index is 0.00000108. The Kier molecular flexibility index (Phi) is 3.43. The van der Waals surface area contributed by atoms with Gasteiger partial charge in [0, 0.05) is 16.6 Å². The van der Waals surface area contributed by atoms with Crippen LogP contribution < -0.4 is 5.32 Å². The first-order valence-corrected chi connectivity index (χ1v) is 6.16. The molecule has 0 radical (unpaired) electrons. The highest BCUT2D eigenvalue weighted by Crippen LogP contribution is 2.50. The van der Waals surface area contributed by atoms with Gasteiger partial charge in [-0.2, -0.15) is 0 Å². The molecule has 0 amide bonds. The van der Waals surface area contributed by atoms with Crippen LogP contribution in [0, 0.1) is 5.92 Å². The molecule has 0 spiro atoms. The first-order chi connectivity index (χ1) is 7.57. The molecule has 1 unspecified atom stereocenters. The minimum Gasteiger partial charge on any atom is -0.387 e. The Bertz CT molecular complexity index is 418. The summed E-state index contributed by atoms with van der Waals surface area (Å²) in [4.78, 5) is 0. The standard InChI is InChI=1S/C13H16ClNO.ClH/c1-13-6-9(7-13)11(15-13)12(16)8-3-2-4-10(14)5-8;/h2-5,9,11-12,15-16H,6-7H2,1H3;1H/t9?,11?,12-,13?;/m1./s1. The van der Waals surface area contributed by atoms with Gasteiger partial charge < -0.3 is 10.4 Å². The summed E-state index contributed by atoms with van der Waals surface area (Å²) in [5.41, 5.74) is 1.19. The largest absolute Gasteiger partial charge is 0.387 e. The Morgan fingerprint density at radius 2 is 2.18 bits per heavy atom. The Hall–Kier alpha value is -0.280. The third-order valence-electron chi connectivity index (χ3n) is 3.98. The SMILES string of the molecule is CC12CC(C1)C([C@H](O)c1cccc(Cl)c1)N2.Cl. The second kappa shape index (κ2) is 4.43. The monoisotopic (exact) mass is 273 g/mol. The molecule has 4 rings (SSSR count). The first-order valence-electron chi connectivity index (χ1n) is 5.79. The summed E-state index contributed by atoms with van der Waals surface area (Å²) in [5, 5.41) is 14.6. The van der Waals surface area contributed by atoms with E-state index in [4.69, 9.17) is 11.6 Å². The fraction of sp³-hybridized carbons (Fsp3) is 0.538. The molecule has 1 aliphatic carbocycles. The maximum Gasteiger partial charge on any atom is 0.0946 e. The van der Waals surface area contributed by atoms with Crippen molar-refractivity contribution in [2.24, 2.45) is 5.92 Å². The van der Waals surface area contributed by atoms with Crippen LogP contribution in [0.3, 0.4) is 0 Å². The van der Waals surface area contributed by atoms with Gasteiger partial charge in [0.2, 0.25) is 0 Å². The van der Waals surface area contributed by atoms with Crippen LogP contribution in [0.1, 0.15) is 31.4 Å². The van der Waals surface area contributed by atoms with Crippen molar-refractivity contribution in [2.45, 2.75) is 37.5 Å². The van der Waals surface area contributed by atoms with E-state index in [9.17, 15) is 5.11 Å². The van der Waals surface area contributed by atoms with Crippen LogP contribution in [0.4, 0.5) is 0 Å². The summed E-state index contributed by atoms with van der Waals surface area (Å²) in [6.45, 7) is 2.23. The number of hydrogen-bond acceptors (Lipinski definition) is 2. The smallest absolute Gasteiger partial charge is 0.0946 e. The highest BCUT2D eigenvalue weighted by atomic mass is 35.5. The normalized spacial score (nSPS) is 35.9. The van der Waals surface area contributed by atoms with Gasteiger partial charge in [-0.25, -0.2) is 0 Å². The van der Waals surface area contributed by atoms with Crippen LogP contribution >= 0.6 is 24.0 Å². The number of aliphatic hydroxyl groups excluding tert-OH is 1. The van der Waals surface area contributed by atoms with Crippen LogP contribution in [0.5, 0.6) is 0 Å². The van der Waals surface area contributed by atoms with Crippen LogP contribution in [0.2, 0.25) is 5.02 Å². The van der Waals surface area contributed by atoms with E-state index in [2.05, 4.69) is 12.2 Å². The van der Waals surface area contributed by atoms with Crippen molar-refractivity contribution in [3.05, 3.63) is 34.9 Å². The maximum atomic E-state index is 10.3. The first kappa shape index (κ1) is 13.2. The van der Waals surface area contributed by atoms with Gasteiger partial charge in [-0.15, -0.1) is 12.4 Å². The van der Waals surface area contributed by atoms with Crippen molar-refractivity contribution >= 4 is 24.0 Å². The summed E-state index contributed by atoms with van der Waals surface area (Å²) < 4.78 is 0. The molecule has 0 aromatic heterocycles.